The number of carbonyl (C=O) groups is 1. The Morgan fingerprint density at radius 2 is 2.00 bits per heavy atom. The second-order valence-corrected chi connectivity index (χ2v) is 8.03. The molecule has 27 heavy (non-hydrogen) atoms. The van der Waals surface area contributed by atoms with E-state index in [1.54, 1.807) is 7.11 Å². The number of hydrogen-bond donors (Lipinski definition) is 1. The molecule has 1 aliphatic heterocycles. The first-order valence-corrected chi connectivity index (χ1v) is 9.50. The van der Waals surface area contributed by atoms with Gasteiger partial charge < -0.3 is 14.8 Å². The number of amides is 1. The van der Waals surface area contributed by atoms with Crippen LogP contribution in [-0.4, -0.2) is 18.6 Å². The monoisotopic (exact) mass is 367 g/mol. The summed E-state index contributed by atoms with van der Waals surface area (Å²) in [6.45, 7) is 8.20. The van der Waals surface area contributed by atoms with E-state index in [1.807, 2.05) is 19.1 Å². The zero-order valence-electron chi connectivity index (χ0n) is 16.9. The third kappa shape index (κ3) is 4.62. The van der Waals surface area contributed by atoms with E-state index in [-0.39, 0.29) is 17.6 Å². The minimum Gasteiger partial charge on any atom is -0.496 e. The first kappa shape index (κ1) is 19.3. The molecule has 144 valence electrons. The van der Waals surface area contributed by atoms with Gasteiger partial charge in [0.1, 0.15) is 17.1 Å². The van der Waals surface area contributed by atoms with Crippen LogP contribution in [-0.2, 0) is 11.2 Å². The second-order valence-electron chi connectivity index (χ2n) is 8.03. The third-order valence-corrected chi connectivity index (χ3v) is 5.06. The maximum Gasteiger partial charge on any atom is 0.220 e. The molecule has 4 heteroatoms. The summed E-state index contributed by atoms with van der Waals surface area (Å²) >= 11 is 0. The molecule has 0 fully saturated rings. The van der Waals surface area contributed by atoms with Crippen molar-refractivity contribution in [2.45, 2.75) is 58.6 Å². The minimum absolute atomic E-state index is 0.0190. The van der Waals surface area contributed by atoms with Gasteiger partial charge in [0, 0.05) is 18.4 Å². The van der Waals surface area contributed by atoms with Gasteiger partial charge in [-0.15, -0.1) is 0 Å². The highest BCUT2D eigenvalue weighted by Gasteiger charge is 2.34. The highest BCUT2D eigenvalue weighted by atomic mass is 16.5. The van der Waals surface area contributed by atoms with E-state index in [4.69, 9.17) is 9.47 Å². The van der Waals surface area contributed by atoms with Crippen molar-refractivity contribution in [2.24, 2.45) is 0 Å². The van der Waals surface area contributed by atoms with Gasteiger partial charge in [-0.3, -0.25) is 4.79 Å². The Hall–Kier alpha value is -2.49. The first-order valence-electron chi connectivity index (χ1n) is 9.50. The quantitative estimate of drug-likeness (QED) is 0.836. The lowest BCUT2D eigenvalue weighted by Crippen LogP contribution is -2.41. The largest absolute Gasteiger partial charge is 0.496 e. The molecule has 0 aliphatic carbocycles. The predicted molar refractivity (Wildman–Crippen MR) is 107 cm³/mol. The number of carbonyl (C=O) groups excluding carboxylic acids is 1. The molecule has 4 nitrogen and oxygen atoms in total. The Morgan fingerprint density at radius 3 is 2.70 bits per heavy atom. The van der Waals surface area contributed by atoms with Crippen LogP contribution < -0.4 is 14.8 Å². The molecular weight excluding hydrogens is 338 g/mol. The summed E-state index contributed by atoms with van der Waals surface area (Å²) in [6, 6.07) is 12.2. The Balaban J connectivity index is 1.66. The fraction of sp³-hybridized carbons (Fsp3) is 0.435. The smallest absolute Gasteiger partial charge is 0.220 e. The lowest BCUT2D eigenvalue weighted by Gasteiger charge is -2.38. The Morgan fingerprint density at radius 1 is 1.22 bits per heavy atom. The number of rotatable bonds is 5. The van der Waals surface area contributed by atoms with E-state index in [0.29, 0.717) is 12.8 Å². The summed E-state index contributed by atoms with van der Waals surface area (Å²) in [5.41, 5.74) is 4.16. The summed E-state index contributed by atoms with van der Waals surface area (Å²) in [6.07, 6.45) is 1.94. The van der Waals surface area contributed by atoms with E-state index in [9.17, 15) is 4.79 Å². The van der Waals surface area contributed by atoms with Gasteiger partial charge in [0.25, 0.3) is 0 Å². The lowest BCUT2D eigenvalue weighted by molar-refractivity contribution is -0.122. The van der Waals surface area contributed by atoms with E-state index in [0.717, 1.165) is 40.2 Å². The fourth-order valence-corrected chi connectivity index (χ4v) is 3.71. The van der Waals surface area contributed by atoms with Crippen LogP contribution in [0.1, 0.15) is 55.0 Å². The van der Waals surface area contributed by atoms with Crippen LogP contribution >= 0.6 is 0 Å². The molecule has 2 aromatic carbocycles. The maximum atomic E-state index is 12.6. The number of ether oxygens (including phenoxy) is 2. The predicted octanol–water partition coefficient (Wildman–Crippen LogP) is 4.66. The molecule has 1 amide bonds. The summed E-state index contributed by atoms with van der Waals surface area (Å²) in [4.78, 5) is 12.6. The van der Waals surface area contributed by atoms with Crippen LogP contribution in [0.25, 0.3) is 0 Å². The standard InChI is InChI=1S/C23H29NO3/c1-15-6-9-18-19(14-23(3,4)27-21(18)12-15)24-22(25)11-8-17-7-10-20(26-5)16(2)13-17/h6-7,9-10,12-13,19H,8,11,14H2,1-5H3,(H,24,25). The molecule has 1 heterocycles. The molecule has 3 rings (SSSR count). The SMILES string of the molecule is COc1ccc(CCC(=O)NC2CC(C)(C)Oc3cc(C)ccc32)cc1C. The summed E-state index contributed by atoms with van der Waals surface area (Å²) in [7, 11) is 1.67. The van der Waals surface area contributed by atoms with Crippen molar-refractivity contribution in [3.63, 3.8) is 0 Å². The number of nitrogens with one attached hydrogen (secondary N) is 1. The molecule has 0 aromatic heterocycles. The number of methoxy groups -OCH3 is 1. The van der Waals surface area contributed by atoms with E-state index in [1.165, 1.54) is 0 Å². The van der Waals surface area contributed by atoms with E-state index >= 15 is 0 Å². The molecule has 0 bridgehead atoms. The number of benzene rings is 2. The molecule has 0 radical (unpaired) electrons. The second kappa shape index (κ2) is 7.63. The highest BCUT2D eigenvalue weighted by Crippen LogP contribution is 2.39. The molecule has 1 atom stereocenters. The molecule has 1 aliphatic rings. The summed E-state index contributed by atoms with van der Waals surface area (Å²) < 4.78 is 11.4. The van der Waals surface area contributed by atoms with Gasteiger partial charge in [0.2, 0.25) is 5.91 Å². The molecule has 1 N–H and O–H groups in total. The van der Waals surface area contributed by atoms with Gasteiger partial charge in [0.05, 0.1) is 13.2 Å². The third-order valence-electron chi connectivity index (χ3n) is 5.06. The van der Waals surface area contributed by atoms with Crippen LogP contribution in [0.5, 0.6) is 11.5 Å². The Kier molecular flexibility index (Phi) is 5.45. The van der Waals surface area contributed by atoms with Gasteiger partial charge in [-0.25, -0.2) is 0 Å². The van der Waals surface area contributed by atoms with Crippen LogP contribution in [0.15, 0.2) is 36.4 Å². The average Bonchev–Trinajstić information content (AvgIpc) is 2.58. The van der Waals surface area contributed by atoms with Gasteiger partial charge in [-0.05, 0) is 62.9 Å². The van der Waals surface area contributed by atoms with Gasteiger partial charge >= 0.3 is 0 Å². The van der Waals surface area contributed by atoms with Gasteiger partial charge in [-0.2, -0.15) is 0 Å². The molecule has 0 spiro atoms. The molecular formula is C23H29NO3. The maximum absolute atomic E-state index is 12.6. The van der Waals surface area contributed by atoms with Gasteiger partial charge in [0.15, 0.2) is 0 Å². The zero-order valence-corrected chi connectivity index (χ0v) is 16.9. The molecule has 0 saturated carbocycles. The Labute approximate surface area is 161 Å². The normalized spacial score (nSPS) is 17.6. The average molecular weight is 367 g/mol. The van der Waals surface area contributed by atoms with E-state index < -0.39 is 0 Å². The number of hydrogen-bond acceptors (Lipinski definition) is 3. The van der Waals surface area contributed by atoms with Crippen molar-refractivity contribution in [1.82, 2.24) is 5.32 Å². The number of fused-ring (bicyclic) bond motifs is 1. The van der Waals surface area contributed by atoms with Crippen LogP contribution in [0.3, 0.4) is 0 Å². The molecule has 1 unspecified atom stereocenters. The minimum atomic E-state index is -0.300. The first-order chi connectivity index (χ1) is 12.8. The van der Waals surface area contributed by atoms with Crippen molar-refractivity contribution < 1.29 is 14.3 Å². The molecule has 0 saturated heterocycles. The van der Waals surface area contributed by atoms with Crippen molar-refractivity contribution in [1.29, 1.82) is 0 Å². The molecule has 2 aromatic rings. The van der Waals surface area contributed by atoms with Crippen LogP contribution in [0.4, 0.5) is 0 Å². The van der Waals surface area contributed by atoms with Crippen molar-refractivity contribution >= 4 is 5.91 Å². The number of aryl methyl sites for hydroxylation is 3. The summed E-state index contributed by atoms with van der Waals surface area (Å²) in [5, 5.41) is 3.21. The van der Waals surface area contributed by atoms with Crippen molar-refractivity contribution in [2.75, 3.05) is 7.11 Å². The zero-order chi connectivity index (χ0) is 19.6. The van der Waals surface area contributed by atoms with Crippen LogP contribution in [0.2, 0.25) is 0 Å². The van der Waals surface area contributed by atoms with Gasteiger partial charge in [-0.1, -0.05) is 24.3 Å². The highest BCUT2D eigenvalue weighted by molar-refractivity contribution is 5.77. The van der Waals surface area contributed by atoms with Crippen LogP contribution in [0, 0.1) is 13.8 Å². The van der Waals surface area contributed by atoms with E-state index in [2.05, 4.69) is 50.4 Å². The van der Waals surface area contributed by atoms with Crippen molar-refractivity contribution in [3.05, 3.63) is 58.7 Å². The Bertz CT molecular complexity index is 842. The summed E-state index contributed by atoms with van der Waals surface area (Å²) in [5.74, 6) is 1.82. The van der Waals surface area contributed by atoms with Crippen molar-refractivity contribution in [3.8, 4) is 11.5 Å². The lowest BCUT2D eigenvalue weighted by atomic mass is 9.89. The fourth-order valence-electron chi connectivity index (χ4n) is 3.71. The topological polar surface area (TPSA) is 47.6 Å².